The molecule has 0 radical (unpaired) electrons. The van der Waals surface area contributed by atoms with E-state index in [4.69, 9.17) is 0 Å². The molecule has 12 aliphatic rings. The average Bonchev–Trinajstić information content (AvgIpc) is 1.50. The molecule has 4 unspecified atom stereocenters. The van der Waals surface area contributed by atoms with Crippen molar-refractivity contribution in [2.45, 2.75) is 132 Å². The molecular formula is C97H82N2. The van der Waals surface area contributed by atoms with Crippen molar-refractivity contribution in [2.24, 2.45) is 23.7 Å². The molecule has 1 spiro atoms. The fraction of sp³-hybridized carbons (Fsp3) is 0.258. The van der Waals surface area contributed by atoms with Crippen LogP contribution in [0.2, 0.25) is 0 Å². The second-order valence-corrected chi connectivity index (χ2v) is 33.1. The highest BCUT2D eigenvalue weighted by Crippen LogP contribution is 2.69. The van der Waals surface area contributed by atoms with Crippen molar-refractivity contribution in [1.82, 2.24) is 0 Å². The van der Waals surface area contributed by atoms with Gasteiger partial charge in [0.15, 0.2) is 0 Å². The van der Waals surface area contributed by atoms with Crippen LogP contribution in [0.25, 0.3) is 66.8 Å². The summed E-state index contributed by atoms with van der Waals surface area (Å²) in [7, 11) is 0. The zero-order valence-corrected chi connectivity index (χ0v) is 57.3. The topological polar surface area (TPSA) is 6.48 Å². The van der Waals surface area contributed by atoms with Gasteiger partial charge in [0.05, 0.1) is 16.8 Å². The number of anilines is 6. The lowest BCUT2D eigenvalue weighted by molar-refractivity contribution is 0.165. The summed E-state index contributed by atoms with van der Waals surface area (Å²) in [5.41, 5.74) is 40.1. The van der Waals surface area contributed by atoms with Crippen LogP contribution in [-0.2, 0) is 16.2 Å². The molecule has 24 rings (SSSR count). The van der Waals surface area contributed by atoms with Gasteiger partial charge in [-0.05, 0) is 295 Å². The molecule has 99 heavy (non-hydrogen) atoms. The van der Waals surface area contributed by atoms with Crippen LogP contribution < -0.4 is 9.80 Å². The number of rotatable bonds is 8. The van der Waals surface area contributed by atoms with Gasteiger partial charge >= 0.3 is 0 Å². The van der Waals surface area contributed by atoms with Crippen LogP contribution in [0.3, 0.4) is 0 Å². The Hall–Kier alpha value is -9.76. The van der Waals surface area contributed by atoms with Crippen molar-refractivity contribution in [3.05, 3.63) is 322 Å². The summed E-state index contributed by atoms with van der Waals surface area (Å²) in [5, 5.41) is 0. The first-order chi connectivity index (χ1) is 48.5. The number of nitrogens with zero attached hydrogens (tertiary/aromatic N) is 2. The first-order valence-electron chi connectivity index (χ1n) is 37.6. The fourth-order valence-corrected chi connectivity index (χ4v) is 23.3. The maximum atomic E-state index is 2.91. The molecular weight excluding hydrogens is 1190 g/mol. The fourth-order valence-electron chi connectivity index (χ4n) is 23.3. The van der Waals surface area contributed by atoms with Crippen molar-refractivity contribution in [3.8, 4) is 66.8 Å². The van der Waals surface area contributed by atoms with Gasteiger partial charge in [0.1, 0.15) is 0 Å². The molecule has 12 aromatic carbocycles. The molecule has 0 saturated heterocycles. The molecule has 4 saturated carbocycles. The predicted octanol–water partition coefficient (Wildman–Crippen LogP) is 25.7. The molecule has 12 aromatic rings. The monoisotopic (exact) mass is 1270 g/mol. The number of para-hydroxylation sites is 2. The van der Waals surface area contributed by atoms with E-state index in [1.165, 1.54) is 210 Å². The maximum absolute atomic E-state index is 2.91. The third-order valence-corrected chi connectivity index (χ3v) is 27.3. The molecule has 2 nitrogen and oxygen atoms in total. The Bertz CT molecular complexity index is 5070. The molecule has 2 heteroatoms. The largest absolute Gasteiger partial charge is 0.310 e. The lowest BCUT2D eigenvalue weighted by atomic mass is 9.66. The maximum Gasteiger partial charge on any atom is 0.0727 e. The van der Waals surface area contributed by atoms with Crippen molar-refractivity contribution in [3.63, 3.8) is 0 Å². The Balaban J connectivity index is 0.837. The van der Waals surface area contributed by atoms with E-state index in [-0.39, 0.29) is 10.8 Å². The molecule has 0 aliphatic heterocycles. The summed E-state index contributed by atoms with van der Waals surface area (Å²) in [4.78, 5) is 5.30. The average molecular weight is 1280 g/mol. The highest BCUT2D eigenvalue weighted by Gasteiger charge is 2.56. The Morgan fingerprint density at radius 1 is 0.232 bits per heavy atom. The summed E-state index contributed by atoms with van der Waals surface area (Å²) in [6, 6.07) is 101. The summed E-state index contributed by atoms with van der Waals surface area (Å²) < 4.78 is 0. The molecule has 4 atom stereocenters. The van der Waals surface area contributed by atoms with E-state index < -0.39 is 5.41 Å². The molecule has 0 N–H and O–H groups in total. The van der Waals surface area contributed by atoms with Gasteiger partial charge in [0.2, 0.25) is 0 Å². The van der Waals surface area contributed by atoms with Crippen LogP contribution in [0.4, 0.5) is 34.1 Å². The second kappa shape index (κ2) is 20.7. The van der Waals surface area contributed by atoms with Crippen LogP contribution in [-0.4, -0.2) is 0 Å². The lowest BCUT2D eigenvalue weighted by Crippen LogP contribution is -2.28. The first-order valence-corrected chi connectivity index (χ1v) is 37.6. The minimum Gasteiger partial charge on any atom is -0.310 e. The smallest absolute Gasteiger partial charge is 0.0727 e. The van der Waals surface area contributed by atoms with Crippen LogP contribution >= 0.6 is 0 Å². The van der Waals surface area contributed by atoms with E-state index in [0.717, 1.165) is 23.7 Å². The van der Waals surface area contributed by atoms with E-state index >= 15 is 0 Å². The van der Waals surface area contributed by atoms with Gasteiger partial charge in [-0.2, -0.15) is 0 Å². The zero-order valence-electron chi connectivity index (χ0n) is 57.3. The summed E-state index contributed by atoms with van der Waals surface area (Å²) >= 11 is 0. The summed E-state index contributed by atoms with van der Waals surface area (Å²) in [5.74, 6) is 5.72. The molecule has 0 amide bonds. The SMILES string of the molecule is CC1(C)c2ccccc2-c2ccc(N(c3ccc4c(c3)C3(c5cc(N(c6ccc7c(c6)C(C)(C)c6ccccc6-7)c6ccccc6-c6ccccc6)ccc5-4)c4cc5c(cc4-c4cc6c(cc43)C3CC4CC(CC6C4)C3)C3CC4CC(C3)CC5C4)c3ccccc3-c3ccccc3)cc21. The minimum absolute atomic E-state index is 0.185. The van der Waals surface area contributed by atoms with E-state index in [0.29, 0.717) is 23.7 Å². The van der Waals surface area contributed by atoms with Gasteiger partial charge < -0.3 is 9.80 Å². The third kappa shape index (κ3) is 8.01. The normalized spacial score (nSPS) is 23.4. The van der Waals surface area contributed by atoms with Gasteiger partial charge in [-0.15, -0.1) is 0 Å². The van der Waals surface area contributed by atoms with Crippen molar-refractivity contribution in [1.29, 1.82) is 0 Å². The molecule has 8 bridgehead atoms. The lowest BCUT2D eigenvalue weighted by Gasteiger charge is -2.38. The minimum atomic E-state index is -0.656. The Kier molecular flexibility index (Phi) is 11.9. The van der Waals surface area contributed by atoms with E-state index in [2.05, 4.69) is 292 Å². The standard InChI is InChI=1S/C97H82N2/c1-95(2)85-27-15-11-25-73(85)75-35-31-67(49-87(75)95)98(93-29-17-13-23-71(93)61-19-7-5-8-20-61)69-33-37-77-78-38-34-70(99(94-30-18-14-24-72(94)62-21-9-6-10-22-62)68-32-36-76-74-26-12-16-28-86(74)96(3,4)88(76)50-68)52-90(78)97(89(77)51-69)91-55-81-65-45-57-39-58(46-65)42-63(41-57)79(81)53-83(91)84-54-80-64-43-59-40-60(44-64)48-66(47-59)82(80)56-92(84)97/h5-38,49-60,63-66H,39-48H2,1-4H3. The summed E-state index contributed by atoms with van der Waals surface area (Å²) in [6.45, 7) is 9.74. The quantitative estimate of drug-likeness (QED) is 0.150. The zero-order chi connectivity index (χ0) is 65.4. The Morgan fingerprint density at radius 2 is 0.515 bits per heavy atom. The van der Waals surface area contributed by atoms with Gasteiger partial charge in [-0.25, -0.2) is 0 Å². The van der Waals surface area contributed by atoms with Crippen LogP contribution in [0.5, 0.6) is 0 Å². The van der Waals surface area contributed by atoms with E-state index in [1.807, 2.05) is 0 Å². The highest BCUT2D eigenvalue weighted by atomic mass is 15.2. The first kappa shape index (κ1) is 57.2. The van der Waals surface area contributed by atoms with Crippen molar-refractivity contribution < 1.29 is 0 Å². The Labute approximate surface area is 584 Å². The van der Waals surface area contributed by atoms with Gasteiger partial charge in [0.25, 0.3) is 0 Å². The van der Waals surface area contributed by atoms with Crippen molar-refractivity contribution in [2.75, 3.05) is 9.80 Å². The number of benzene rings is 12. The Morgan fingerprint density at radius 3 is 0.889 bits per heavy atom. The van der Waals surface area contributed by atoms with Gasteiger partial charge in [-0.1, -0.05) is 222 Å². The summed E-state index contributed by atoms with van der Waals surface area (Å²) in [6.07, 6.45) is 13.6. The van der Waals surface area contributed by atoms with Crippen LogP contribution in [0.15, 0.2) is 255 Å². The van der Waals surface area contributed by atoms with Gasteiger partial charge in [-0.3, -0.25) is 0 Å². The molecule has 480 valence electrons. The second-order valence-electron chi connectivity index (χ2n) is 33.1. The predicted molar refractivity (Wildman–Crippen MR) is 409 cm³/mol. The van der Waals surface area contributed by atoms with Crippen molar-refractivity contribution >= 4 is 34.1 Å². The molecule has 12 aliphatic carbocycles. The number of fused-ring (bicyclic) bond motifs is 16. The van der Waals surface area contributed by atoms with E-state index in [9.17, 15) is 0 Å². The highest BCUT2D eigenvalue weighted by molar-refractivity contribution is 6.01. The molecule has 4 fully saturated rings. The van der Waals surface area contributed by atoms with Gasteiger partial charge in [0, 0.05) is 44.7 Å². The number of hydrogen-bond acceptors (Lipinski definition) is 2. The molecule has 0 heterocycles. The number of hydrogen-bond donors (Lipinski definition) is 0. The van der Waals surface area contributed by atoms with Crippen LogP contribution in [0, 0.1) is 23.7 Å². The third-order valence-electron chi connectivity index (χ3n) is 27.3. The van der Waals surface area contributed by atoms with E-state index in [1.54, 1.807) is 22.3 Å². The van der Waals surface area contributed by atoms with Crippen LogP contribution in [0.1, 0.15) is 182 Å². The molecule has 0 aromatic heterocycles.